The molecular weight excluding hydrogens is 556 g/mol. The molecule has 2 aromatic heterocycles. The van der Waals surface area contributed by atoms with Crippen LogP contribution in [-0.4, -0.2) is 68.7 Å². The Hall–Kier alpha value is -3.66. The number of nitrogens with one attached hydrogen (secondary N) is 1. The maximum absolute atomic E-state index is 14.3. The van der Waals surface area contributed by atoms with Gasteiger partial charge in [0.05, 0.1) is 18.1 Å². The Balaban J connectivity index is 1.35. The van der Waals surface area contributed by atoms with Gasteiger partial charge in [-0.3, -0.25) is 14.4 Å². The van der Waals surface area contributed by atoms with Gasteiger partial charge >= 0.3 is 0 Å². The Labute approximate surface area is 250 Å². The second-order valence-corrected chi connectivity index (χ2v) is 12.0. The number of likely N-dealkylation sites (tertiary alicyclic amines) is 1. The molecular formula is C31H37ClN6O4. The Kier molecular flexibility index (Phi) is 8.07. The van der Waals surface area contributed by atoms with Crippen LogP contribution in [0.5, 0.6) is 5.75 Å². The van der Waals surface area contributed by atoms with Gasteiger partial charge in [-0.2, -0.15) is 0 Å². The highest BCUT2D eigenvalue weighted by Crippen LogP contribution is 2.43. The van der Waals surface area contributed by atoms with Gasteiger partial charge < -0.3 is 24.4 Å². The van der Waals surface area contributed by atoms with E-state index in [0.717, 1.165) is 47.2 Å². The van der Waals surface area contributed by atoms with Gasteiger partial charge in [0.1, 0.15) is 17.9 Å². The number of carbonyl (C=O) groups is 3. The Morgan fingerprint density at radius 3 is 2.64 bits per heavy atom. The van der Waals surface area contributed by atoms with Crippen LogP contribution in [-0.2, 0) is 34.5 Å². The number of benzene rings is 1. The lowest BCUT2D eigenvalue weighted by atomic mass is 9.77. The zero-order valence-corrected chi connectivity index (χ0v) is 24.9. The zero-order valence-electron chi connectivity index (χ0n) is 24.1. The molecule has 3 aromatic rings. The van der Waals surface area contributed by atoms with E-state index in [9.17, 15) is 14.4 Å². The third-order valence-corrected chi connectivity index (χ3v) is 9.43. The molecule has 1 saturated heterocycles. The molecule has 3 aliphatic rings. The van der Waals surface area contributed by atoms with Gasteiger partial charge in [-0.15, -0.1) is 0 Å². The van der Waals surface area contributed by atoms with Crippen LogP contribution in [0.15, 0.2) is 30.6 Å². The lowest BCUT2D eigenvalue weighted by Gasteiger charge is -2.43. The molecule has 0 spiro atoms. The highest BCUT2D eigenvalue weighted by molar-refractivity contribution is 6.31. The molecule has 1 aromatic carbocycles. The van der Waals surface area contributed by atoms with E-state index in [1.807, 2.05) is 45.7 Å². The highest BCUT2D eigenvalue weighted by Gasteiger charge is 2.43. The molecule has 3 amide bonds. The van der Waals surface area contributed by atoms with Gasteiger partial charge in [-0.25, -0.2) is 9.97 Å². The van der Waals surface area contributed by atoms with Crippen molar-refractivity contribution in [3.8, 4) is 5.75 Å². The number of ether oxygens (including phenoxy) is 1. The molecule has 4 heterocycles. The van der Waals surface area contributed by atoms with Crippen molar-refractivity contribution < 1.29 is 19.1 Å². The van der Waals surface area contributed by atoms with Crippen molar-refractivity contribution in [2.75, 3.05) is 26.7 Å². The summed E-state index contributed by atoms with van der Waals surface area (Å²) >= 11 is 6.76. The fourth-order valence-electron chi connectivity index (χ4n) is 6.88. The maximum Gasteiger partial charge on any atom is 0.227 e. The molecule has 2 fully saturated rings. The smallest absolute Gasteiger partial charge is 0.227 e. The lowest BCUT2D eigenvalue weighted by molar-refractivity contribution is -0.147. The van der Waals surface area contributed by atoms with Crippen molar-refractivity contribution in [1.82, 2.24) is 29.7 Å². The molecule has 1 N–H and O–H groups in total. The summed E-state index contributed by atoms with van der Waals surface area (Å²) in [7, 11) is 3.53. The summed E-state index contributed by atoms with van der Waals surface area (Å²) in [6.45, 7) is 1.71. The predicted molar refractivity (Wildman–Crippen MR) is 158 cm³/mol. The molecule has 10 nitrogen and oxygen atoms in total. The van der Waals surface area contributed by atoms with E-state index >= 15 is 0 Å². The number of halogens is 1. The SMILES string of the molecule is CNC(=O)C1CCCCC1C(=O)N1CCc2c(Cl)ccc(OCc3ccc4ncn(C)c4n3)c2[C@H]1CN1CCCC1=O. The molecule has 11 heteroatoms. The number of carbonyl (C=O) groups excluding carboxylic acids is 3. The fourth-order valence-corrected chi connectivity index (χ4v) is 7.14. The molecule has 42 heavy (non-hydrogen) atoms. The van der Waals surface area contributed by atoms with Crippen molar-refractivity contribution in [3.63, 3.8) is 0 Å². The molecule has 1 aliphatic carbocycles. The van der Waals surface area contributed by atoms with Crippen molar-refractivity contribution in [1.29, 1.82) is 0 Å². The first-order chi connectivity index (χ1) is 20.4. The molecule has 1 saturated carbocycles. The van der Waals surface area contributed by atoms with Crippen LogP contribution >= 0.6 is 11.6 Å². The first kappa shape index (κ1) is 28.5. The summed E-state index contributed by atoms with van der Waals surface area (Å²) in [5.41, 5.74) is 4.12. The fraction of sp³-hybridized carbons (Fsp3) is 0.516. The number of fused-ring (bicyclic) bond motifs is 2. The summed E-state index contributed by atoms with van der Waals surface area (Å²) in [6.07, 6.45) is 6.83. The summed E-state index contributed by atoms with van der Waals surface area (Å²) < 4.78 is 8.29. The summed E-state index contributed by atoms with van der Waals surface area (Å²) in [5.74, 6) is -0.137. The van der Waals surface area contributed by atoms with E-state index in [2.05, 4.69) is 10.3 Å². The first-order valence-electron chi connectivity index (χ1n) is 14.9. The summed E-state index contributed by atoms with van der Waals surface area (Å²) in [5, 5.41) is 3.39. The van der Waals surface area contributed by atoms with Gasteiger partial charge in [-0.1, -0.05) is 24.4 Å². The number of hydrogen-bond acceptors (Lipinski definition) is 6. The molecule has 222 valence electrons. The van der Waals surface area contributed by atoms with E-state index in [4.69, 9.17) is 21.3 Å². The number of aryl methyl sites for hydroxylation is 1. The van der Waals surface area contributed by atoms with Gasteiger partial charge in [-0.05, 0) is 55.5 Å². The number of nitrogens with zero attached hydrogens (tertiary/aromatic N) is 5. The second-order valence-electron chi connectivity index (χ2n) is 11.6. The monoisotopic (exact) mass is 592 g/mol. The van der Waals surface area contributed by atoms with E-state index in [0.29, 0.717) is 56.1 Å². The number of hydrogen-bond donors (Lipinski definition) is 1. The third kappa shape index (κ3) is 5.32. The van der Waals surface area contributed by atoms with E-state index in [1.54, 1.807) is 13.4 Å². The second kappa shape index (κ2) is 11.9. The minimum absolute atomic E-state index is 0.0279. The number of aromatic nitrogens is 3. The minimum Gasteiger partial charge on any atom is -0.487 e. The first-order valence-corrected chi connectivity index (χ1v) is 15.2. The molecule has 2 unspecified atom stereocenters. The molecule has 6 rings (SSSR count). The van der Waals surface area contributed by atoms with Crippen LogP contribution in [0.1, 0.15) is 61.4 Å². The Morgan fingerprint density at radius 2 is 1.88 bits per heavy atom. The average Bonchev–Trinajstić information content (AvgIpc) is 3.60. The molecule has 2 aliphatic heterocycles. The van der Waals surface area contributed by atoms with Crippen molar-refractivity contribution in [2.24, 2.45) is 18.9 Å². The quantitative estimate of drug-likeness (QED) is 0.447. The van der Waals surface area contributed by atoms with Crippen LogP contribution in [0.2, 0.25) is 5.02 Å². The number of pyridine rings is 1. The van der Waals surface area contributed by atoms with Gasteiger partial charge in [0, 0.05) is 62.6 Å². The van der Waals surface area contributed by atoms with E-state index in [-0.39, 0.29) is 30.2 Å². The van der Waals surface area contributed by atoms with Gasteiger partial charge in [0.25, 0.3) is 0 Å². The van der Waals surface area contributed by atoms with Crippen LogP contribution in [0.3, 0.4) is 0 Å². The Morgan fingerprint density at radius 1 is 1.07 bits per heavy atom. The summed E-state index contributed by atoms with van der Waals surface area (Å²) in [4.78, 5) is 52.7. The van der Waals surface area contributed by atoms with Gasteiger partial charge in [0.15, 0.2) is 5.65 Å². The van der Waals surface area contributed by atoms with E-state index in [1.165, 1.54) is 0 Å². The van der Waals surface area contributed by atoms with Gasteiger partial charge in [0.2, 0.25) is 17.7 Å². The van der Waals surface area contributed by atoms with Crippen molar-refractivity contribution >= 4 is 40.5 Å². The zero-order chi connectivity index (χ0) is 29.4. The van der Waals surface area contributed by atoms with Crippen LogP contribution < -0.4 is 10.1 Å². The number of imidazole rings is 1. The van der Waals surface area contributed by atoms with Crippen molar-refractivity contribution in [2.45, 2.75) is 57.6 Å². The molecule has 0 radical (unpaired) electrons. The Bertz CT molecular complexity index is 1520. The normalized spacial score (nSPS) is 22.4. The van der Waals surface area contributed by atoms with Crippen molar-refractivity contribution in [3.05, 3.63) is 52.4 Å². The molecule has 0 bridgehead atoms. The van der Waals surface area contributed by atoms with Crippen LogP contribution in [0.25, 0.3) is 11.2 Å². The minimum atomic E-state index is -0.434. The summed E-state index contributed by atoms with van der Waals surface area (Å²) in [6, 6.07) is 7.08. The lowest BCUT2D eigenvalue weighted by Crippen LogP contribution is -2.50. The maximum atomic E-state index is 14.3. The topological polar surface area (TPSA) is 110 Å². The molecule has 3 atom stereocenters. The van der Waals surface area contributed by atoms with E-state index < -0.39 is 12.0 Å². The highest BCUT2D eigenvalue weighted by atomic mass is 35.5. The largest absolute Gasteiger partial charge is 0.487 e. The standard InChI is InChI=1S/C31H37ClN6O4/c1-33-30(40)20-6-3-4-7-21(20)31(41)38-15-13-22-23(32)10-12-26(28(22)25(38)16-37-14-5-8-27(37)39)42-17-19-9-11-24-29(35-19)36(2)18-34-24/h9-12,18,20-21,25H,3-8,13-17H2,1-2H3,(H,33,40)/t20?,21?,25-/m1/s1. The van der Waals surface area contributed by atoms with Crippen LogP contribution in [0, 0.1) is 11.8 Å². The third-order valence-electron chi connectivity index (χ3n) is 9.08. The van der Waals surface area contributed by atoms with Crippen LogP contribution in [0.4, 0.5) is 0 Å². The average molecular weight is 593 g/mol. The predicted octanol–water partition coefficient (Wildman–Crippen LogP) is 3.80. The number of rotatable bonds is 7. The number of amides is 3.